The Morgan fingerprint density at radius 2 is 2.24 bits per heavy atom. The van der Waals surface area contributed by atoms with E-state index in [-0.39, 0.29) is 18.2 Å². The van der Waals surface area contributed by atoms with E-state index in [9.17, 15) is 14.9 Å². The van der Waals surface area contributed by atoms with Crippen molar-refractivity contribution in [1.82, 2.24) is 0 Å². The van der Waals surface area contributed by atoms with Crippen LogP contribution in [0.15, 0.2) is 18.2 Å². The zero-order chi connectivity index (χ0) is 12.8. The summed E-state index contributed by atoms with van der Waals surface area (Å²) in [5.41, 5.74) is 1.26. The van der Waals surface area contributed by atoms with Crippen LogP contribution in [0.25, 0.3) is 0 Å². The molecule has 1 N–H and O–H groups in total. The van der Waals surface area contributed by atoms with Crippen LogP contribution in [0.3, 0.4) is 0 Å². The molecule has 0 saturated heterocycles. The van der Waals surface area contributed by atoms with Gasteiger partial charge in [-0.15, -0.1) is 0 Å². The fraction of sp³-hybridized carbons (Fsp3) is 0.364. The van der Waals surface area contributed by atoms with Crippen LogP contribution in [0.4, 0.5) is 11.4 Å². The first kappa shape index (κ1) is 13.0. The molecule has 1 rings (SSSR count). The first-order chi connectivity index (χ1) is 8.04. The summed E-state index contributed by atoms with van der Waals surface area (Å²) < 4.78 is 4.75. The molecule has 0 aromatic heterocycles. The first-order valence-electron chi connectivity index (χ1n) is 5.19. The molecule has 1 aromatic rings. The smallest absolute Gasteiger partial charge is 0.325 e. The SMILES string of the molecule is CCOC(=O)CNc1ccc([N+](=O)[O-])c(C)c1. The first-order valence-corrected chi connectivity index (χ1v) is 5.19. The summed E-state index contributed by atoms with van der Waals surface area (Å²) in [6.45, 7) is 3.76. The van der Waals surface area contributed by atoms with Crippen molar-refractivity contribution in [2.75, 3.05) is 18.5 Å². The number of nitro benzene ring substituents is 1. The third kappa shape index (κ3) is 3.75. The number of aryl methyl sites for hydroxylation is 1. The summed E-state index contributed by atoms with van der Waals surface area (Å²) in [4.78, 5) is 21.2. The number of hydrogen-bond acceptors (Lipinski definition) is 5. The van der Waals surface area contributed by atoms with E-state index in [4.69, 9.17) is 4.74 Å². The molecule has 0 radical (unpaired) electrons. The molecular formula is C11H14N2O4. The van der Waals surface area contributed by atoms with E-state index in [1.54, 1.807) is 26.0 Å². The van der Waals surface area contributed by atoms with Crippen LogP contribution in [0.5, 0.6) is 0 Å². The van der Waals surface area contributed by atoms with Crippen molar-refractivity contribution in [2.45, 2.75) is 13.8 Å². The number of rotatable bonds is 5. The quantitative estimate of drug-likeness (QED) is 0.481. The fourth-order valence-electron chi connectivity index (χ4n) is 1.36. The normalized spacial score (nSPS) is 9.76. The van der Waals surface area contributed by atoms with E-state index < -0.39 is 4.92 Å². The number of anilines is 1. The average molecular weight is 238 g/mol. The van der Waals surface area contributed by atoms with Crippen LogP contribution in [-0.4, -0.2) is 24.0 Å². The molecule has 0 saturated carbocycles. The van der Waals surface area contributed by atoms with E-state index in [2.05, 4.69) is 5.32 Å². The van der Waals surface area contributed by atoms with Gasteiger partial charge in [0.15, 0.2) is 0 Å². The Morgan fingerprint density at radius 3 is 2.76 bits per heavy atom. The van der Waals surface area contributed by atoms with E-state index >= 15 is 0 Å². The van der Waals surface area contributed by atoms with E-state index in [0.29, 0.717) is 17.9 Å². The van der Waals surface area contributed by atoms with Gasteiger partial charge in [-0.05, 0) is 26.0 Å². The lowest BCUT2D eigenvalue weighted by atomic mass is 10.2. The Balaban J connectivity index is 2.65. The molecular weight excluding hydrogens is 224 g/mol. The minimum absolute atomic E-state index is 0.0467. The second-order valence-corrected chi connectivity index (χ2v) is 3.42. The van der Waals surface area contributed by atoms with Gasteiger partial charge in [-0.25, -0.2) is 0 Å². The number of benzene rings is 1. The Hall–Kier alpha value is -2.11. The molecule has 0 atom stereocenters. The van der Waals surface area contributed by atoms with Gasteiger partial charge in [0.2, 0.25) is 0 Å². The van der Waals surface area contributed by atoms with Crippen molar-refractivity contribution in [3.63, 3.8) is 0 Å². The third-order valence-electron chi connectivity index (χ3n) is 2.14. The second-order valence-electron chi connectivity index (χ2n) is 3.42. The minimum atomic E-state index is -0.440. The maximum Gasteiger partial charge on any atom is 0.325 e. The highest BCUT2D eigenvalue weighted by Gasteiger charge is 2.10. The van der Waals surface area contributed by atoms with Gasteiger partial charge in [-0.3, -0.25) is 14.9 Å². The molecule has 0 bridgehead atoms. The molecule has 0 aliphatic rings. The Labute approximate surface area is 98.7 Å². The van der Waals surface area contributed by atoms with Gasteiger partial charge in [-0.2, -0.15) is 0 Å². The lowest BCUT2D eigenvalue weighted by Gasteiger charge is -2.06. The summed E-state index contributed by atoms with van der Waals surface area (Å²) in [7, 11) is 0. The van der Waals surface area contributed by atoms with Gasteiger partial charge in [-0.1, -0.05) is 0 Å². The zero-order valence-corrected chi connectivity index (χ0v) is 9.73. The number of esters is 1. The van der Waals surface area contributed by atoms with E-state index in [1.165, 1.54) is 6.07 Å². The Bertz CT molecular complexity index is 431. The third-order valence-corrected chi connectivity index (χ3v) is 2.14. The summed E-state index contributed by atoms with van der Waals surface area (Å²) in [6.07, 6.45) is 0. The van der Waals surface area contributed by atoms with Crippen molar-refractivity contribution < 1.29 is 14.5 Å². The monoisotopic (exact) mass is 238 g/mol. The van der Waals surface area contributed by atoms with Crippen molar-refractivity contribution in [2.24, 2.45) is 0 Å². The Morgan fingerprint density at radius 1 is 1.53 bits per heavy atom. The predicted molar refractivity (Wildman–Crippen MR) is 63.0 cm³/mol. The largest absolute Gasteiger partial charge is 0.465 e. The molecule has 1 aromatic carbocycles. The van der Waals surface area contributed by atoms with Gasteiger partial charge >= 0.3 is 5.97 Å². The molecule has 0 aliphatic carbocycles. The van der Waals surface area contributed by atoms with Crippen molar-refractivity contribution in [3.8, 4) is 0 Å². The van der Waals surface area contributed by atoms with Crippen LogP contribution in [0.2, 0.25) is 0 Å². The number of carbonyl (C=O) groups is 1. The highest BCUT2D eigenvalue weighted by Crippen LogP contribution is 2.21. The molecule has 0 heterocycles. The number of hydrogen-bond donors (Lipinski definition) is 1. The van der Waals surface area contributed by atoms with E-state index in [0.717, 1.165) is 0 Å². The average Bonchev–Trinajstić information content (AvgIpc) is 2.26. The maximum atomic E-state index is 11.1. The molecule has 17 heavy (non-hydrogen) atoms. The molecule has 0 spiro atoms. The number of nitro groups is 1. The van der Waals surface area contributed by atoms with Gasteiger partial charge < -0.3 is 10.1 Å². The zero-order valence-electron chi connectivity index (χ0n) is 9.73. The fourth-order valence-corrected chi connectivity index (χ4v) is 1.36. The Kier molecular flexibility index (Phi) is 4.45. The van der Waals surface area contributed by atoms with Gasteiger partial charge in [0, 0.05) is 17.3 Å². The lowest BCUT2D eigenvalue weighted by Crippen LogP contribution is -2.16. The summed E-state index contributed by atoms with van der Waals surface area (Å²) in [6, 6.07) is 4.59. The standard InChI is InChI=1S/C11H14N2O4/c1-3-17-11(14)7-12-9-4-5-10(13(15)16)8(2)6-9/h4-6,12H,3,7H2,1-2H3. The van der Waals surface area contributed by atoms with Crippen LogP contribution in [0, 0.1) is 17.0 Å². The highest BCUT2D eigenvalue weighted by atomic mass is 16.6. The number of carbonyl (C=O) groups excluding carboxylic acids is 1. The highest BCUT2D eigenvalue weighted by molar-refractivity contribution is 5.75. The molecule has 6 nitrogen and oxygen atoms in total. The topological polar surface area (TPSA) is 81.5 Å². The van der Waals surface area contributed by atoms with E-state index in [1.807, 2.05) is 0 Å². The number of nitrogens with zero attached hydrogens (tertiary/aromatic N) is 1. The lowest BCUT2D eigenvalue weighted by molar-refractivity contribution is -0.385. The second kappa shape index (κ2) is 5.83. The minimum Gasteiger partial charge on any atom is -0.465 e. The summed E-state index contributed by atoms with van der Waals surface area (Å²) in [5, 5.41) is 13.4. The van der Waals surface area contributed by atoms with Crippen LogP contribution in [0.1, 0.15) is 12.5 Å². The van der Waals surface area contributed by atoms with Crippen LogP contribution >= 0.6 is 0 Å². The van der Waals surface area contributed by atoms with Gasteiger partial charge in [0.25, 0.3) is 5.69 Å². The van der Waals surface area contributed by atoms with Crippen molar-refractivity contribution >= 4 is 17.3 Å². The van der Waals surface area contributed by atoms with Crippen LogP contribution in [-0.2, 0) is 9.53 Å². The summed E-state index contributed by atoms with van der Waals surface area (Å²) >= 11 is 0. The van der Waals surface area contributed by atoms with Gasteiger partial charge in [0.1, 0.15) is 6.54 Å². The number of nitrogens with one attached hydrogen (secondary N) is 1. The molecule has 0 amide bonds. The molecule has 6 heteroatoms. The molecule has 92 valence electrons. The summed E-state index contributed by atoms with van der Waals surface area (Å²) in [5.74, 6) is -0.358. The molecule has 0 unspecified atom stereocenters. The molecule has 0 fully saturated rings. The van der Waals surface area contributed by atoms with Gasteiger partial charge in [0.05, 0.1) is 11.5 Å². The van der Waals surface area contributed by atoms with Crippen molar-refractivity contribution in [1.29, 1.82) is 0 Å². The maximum absolute atomic E-state index is 11.1. The predicted octanol–water partition coefficient (Wildman–Crippen LogP) is 1.88. The molecule has 0 aliphatic heterocycles. The number of ether oxygens (including phenoxy) is 1. The van der Waals surface area contributed by atoms with Crippen LogP contribution < -0.4 is 5.32 Å². The van der Waals surface area contributed by atoms with Crippen molar-refractivity contribution in [3.05, 3.63) is 33.9 Å².